The number of rotatable bonds is 2. The highest BCUT2D eigenvalue weighted by molar-refractivity contribution is 5.61. The molecule has 1 aromatic rings. The van der Waals surface area contributed by atoms with E-state index in [-0.39, 0.29) is 6.10 Å². The number of aryl methyl sites for hydroxylation is 1. The van der Waals surface area contributed by atoms with Crippen LogP contribution in [0.25, 0.3) is 0 Å². The van der Waals surface area contributed by atoms with Gasteiger partial charge in [0.25, 0.3) is 0 Å². The molecule has 0 bridgehead atoms. The van der Waals surface area contributed by atoms with Crippen molar-refractivity contribution in [1.82, 2.24) is 4.98 Å². The minimum Gasteiger partial charge on any atom is -0.396 e. The Morgan fingerprint density at radius 3 is 2.69 bits per heavy atom. The zero-order valence-electron chi connectivity index (χ0n) is 9.61. The maximum absolute atomic E-state index is 9.42. The fraction of sp³-hybridized carbons (Fsp3) is 0.583. The molecule has 0 aromatic carbocycles. The van der Waals surface area contributed by atoms with Crippen molar-refractivity contribution in [3.8, 4) is 0 Å². The van der Waals surface area contributed by atoms with Crippen molar-refractivity contribution in [3.05, 3.63) is 17.8 Å². The number of nitrogens with one attached hydrogen (secondary N) is 1. The molecule has 4 N–H and O–H groups in total. The average molecular weight is 221 g/mol. The van der Waals surface area contributed by atoms with Gasteiger partial charge in [-0.3, -0.25) is 0 Å². The highest BCUT2D eigenvalue weighted by Crippen LogP contribution is 2.24. The second kappa shape index (κ2) is 4.70. The van der Waals surface area contributed by atoms with E-state index in [1.165, 1.54) is 0 Å². The summed E-state index contributed by atoms with van der Waals surface area (Å²) in [6.07, 6.45) is 3.57. The van der Waals surface area contributed by atoms with Gasteiger partial charge in [-0.2, -0.15) is 0 Å². The lowest BCUT2D eigenvalue weighted by Crippen LogP contribution is -2.28. The molecular formula is C12H19N3O. The van der Waals surface area contributed by atoms with E-state index < -0.39 is 0 Å². The van der Waals surface area contributed by atoms with E-state index in [1.807, 2.05) is 19.1 Å². The highest BCUT2D eigenvalue weighted by atomic mass is 16.3. The summed E-state index contributed by atoms with van der Waals surface area (Å²) in [5.74, 6) is 0.779. The summed E-state index contributed by atoms with van der Waals surface area (Å²) in [6, 6.07) is 4.17. The fourth-order valence-electron chi connectivity index (χ4n) is 2.10. The van der Waals surface area contributed by atoms with Crippen LogP contribution in [0.1, 0.15) is 31.4 Å². The van der Waals surface area contributed by atoms with Crippen LogP contribution >= 0.6 is 0 Å². The number of aliphatic hydroxyl groups is 1. The zero-order valence-corrected chi connectivity index (χ0v) is 9.61. The first-order chi connectivity index (χ1) is 7.65. The normalized spacial score (nSPS) is 25.4. The SMILES string of the molecule is Cc1ccc(N)c(NC2CCC(O)CC2)n1. The molecule has 16 heavy (non-hydrogen) atoms. The zero-order chi connectivity index (χ0) is 11.5. The number of aromatic nitrogens is 1. The molecule has 1 fully saturated rings. The number of hydrogen-bond acceptors (Lipinski definition) is 4. The Hall–Kier alpha value is -1.29. The van der Waals surface area contributed by atoms with Crippen LogP contribution in [0.2, 0.25) is 0 Å². The maximum Gasteiger partial charge on any atom is 0.149 e. The molecule has 0 atom stereocenters. The van der Waals surface area contributed by atoms with Crippen LogP contribution in [0.15, 0.2) is 12.1 Å². The van der Waals surface area contributed by atoms with Gasteiger partial charge in [0.2, 0.25) is 0 Å². The Morgan fingerprint density at radius 1 is 1.31 bits per heavy atom. The van der Waals surface area contributed by atoms with Crippen LogP contribution < -0.4 is 11.1 Å². The number of nitrogens with zero attached hydrogens (tertiary/aromatic N) is 1. The lowest BCUT2D eigenvalue weighted by Gasteiger charge is -2.27. The summed E-state index contributed by atoms with van der Waals surface area (Å²) in [6.45, 7) is 1.95. The molecular weight excluding hydrogens is 202 g/mol. The second-order valence-electron chi connectivity index (χ2n) is 4.54. The number of pyridine rings is 1. The van der Waals surface area contributed by atoms with E-state index in [2.05, 4.69) is 10.3 Å². The van der Waals surface area contributed by atoms with Crippen LogP contribution in [0.5, 0.6) is 0 Å². The lowest BCUT2D eigenvalue weighted by molar-refractivity contribution is 0.126. The molecule has 88 valence electrons. The van der Waals surface area contributed by atoms with Crippen molar-refractivity contribution in [3.63, 3.8) is 0 Å². The van der Waals surface area contributed by atoms with Gasteiger partial charge < -0.3 is 16.2 Å². The Kier molecular flexibility index (Phi) is 3.29. The molecule has 4 nitrogen and oxygen atoms in total. The van der Waals surface area contributed by atoms with Crippen LogP contribution in [-0.4, -0.2) is 22.2 Å². The molecule has 1 aromatic heterocycles. The first-order valence-electron chi connectivity index (χ1n) is 5.83. The van der Waals surface area contributed by atoms with Gasteiger partial charge in [-0.15, -0.1) is 0 Å². The third kappa shape index (κ3) is 2.64. The van der Waals surface area contributed by atoms with Crippen molar-refractivity contribution in [2.24, 2.45) is 0 Å². The molecule has 0 aliphatic heterocycles. The van der Waals surface area contributed by atoms with Gasteiger partial charge in [0, 0.05) is 11.7 Å². The number of aliphatic hydroxyl groups excluding tert-OH is 1. The number of nitrogens with two attached hydrogens (primary N) is 1. The number of nitrogen functional groups attached to an aromatic ring is 1. The predicted octanol–water partition coefficient (Wildman–Crippen LogP) is 1.69. The van der Waals surface area contributed by atoms with E-state index in [0.29, 0.717) is 11.7 Å². The van der Waals surface area contributed by atoms with Gasteiger partial charge in [0.05, 0.1) is 11.8 Å². The molecule has 1 heterocycles. The van der Waals surface area contributed by atoms with E-state index in [9.17, 15) is 5.11 Å². The highest BCUT2D eigenvalue weighted by Gasteiger charge is 2.19. The van der Waals surface area contributed by atoms with Crippen LogP contribution in [0.3, 0.4) is 0 Å². The van der Waals surface area contributed by atoms with E-state index >= 15 is 0 Å². The molecule has 0 saturated heterocycles. The smallest absolute Gasteiger partial charge is 0.149 e. The summed E-state index contributed by atoms with van der Waals surface area (Å²) in [4.78, 5) is 4.39. The van der Waals surface area contributed by atoms with Crippen molar-refractivity contribution in [2.45, 2.75) is 44.8 Å². The average Bonchev–Trinajstić information content (AvgIpc) is 2.27. The van der Waals surface area contributed by atoms with Gasteiger partial charge in [-0.05, 0) is 44.7 Å². The van der Waals surface area contributed by atoms with Crippen molar-refractivity contribution in [1.29, 1.82) is 0 Å². The largest absolute Gasteiger partial charge is 0.396 e. The Morgan fingerprint density at radius 2 is 2.00 bits per heavy atom. The standard InChI is InChI=1S/C12H19N3O/c1-8-2-7-11(13)12(14-8)15-9-3-5-10(16)6-4-9/h2,7,9-10,16H,3-6,13H2,1H3,(H,14,15). The summed E-state index contributed by atoms with van der Waals surface area (Å²) in [7, 11) is 0. The monoisotopic (exact) mass is 221 g/mol. The molecule has 1 aliphatic rings. The number of anilines is 2. The molecule has 2 rings (SSSR count). The van der Waals surface area contributed by atoms with Gasteiger partial charge in [-0.1, -0.05) is 0 Å². The van der Waals surface area contributed by atoms with Gasteiger partial charge in [-0.25, -0.2) is 4.98 Å². The summed E-state index contributed by atoms with van der Waals surface area (Å²) >= 11 is 0. The molecule has 0 unspecified atom stereocenters. The summed E-state index contributed by atoms with van der Waals surface area (Å²) in [5.41, 5.74) is 7.52. The van der Waals surface area contributed by atoms with Gasteiger partial charge >= 0.3 is 0 Å². The predicted molar refractivity (Wildman–Crippen MR) is 65.3 cm³/mol. The summed E-state index contributed by atoms with van der Waals surface area (Å²) in [5, 5.41) is 12.8. The Bertz CT molecular complexity index is 359. The summed E-state index contributed by atoms with van der Waals surface area (Å²) < 4.78 is 0. The molecule has 0 amide bonds. The van der Waals surface area contributed by atoms with E-state index in [1.54, 1.807) is 0 Å². The fourth-order valence-corrected chi connectivity index (χ4v) is 2.10. The van der Waals surface area contributed by atoms with Crippen LogP contribution in [0, 0.1) is 6.92 Å². The Balaban J connectivity index is 2.00. The van der Waals surface area contributed by atoms with E-state index in [4.69, 9.17) is 5.73 Å². The lowest BCUT2D eigenvalue weighted by atomic mass is 9.93. The second-order valence-corrected chi connectivity index (χ2v) is 4.54. The van der Waals surface area contributed by atoms with Crippen molar-refractivity contribution in [2.75, 3.05) is 11.1 Å². The molecule has 0 spiro atoms. The number of hydrogen-bond donors (Lipinski definition) is 3. The van der Waals surface area contributed by atoms with Crippen LogP contribution in [-0.2, 0) is 0 Å². The van der Waals surface area contributed by atoms with Crippen molar-refractivity contribution < 1.29 is 5.11 Å². The molecule has 1 aliphatic carbocycles. The van der Waals surface area contributed by atoms with Crippen LogP contribution in [0.4, 0.5) is 11.5 Å². The quantitative estimate of drug-likeness (QED) is 0.710. The topological polar surface area (TPSA) is 71.2 Å². The Labute approximate surface area is 95.9 Å². The molecule has 4 heteroatoms. The minimum atomic E-state index is -0.124. The third-order valence-electron chi connectivity index (χ3n) is 3.10. The first kappa shape index (κ1) is 11.2. The van der Waals surface area contributed by atoms with Gasteiger partial charge in [0.15, 0.2) is 0 Å². The van der Waals surface area contributed by atoms with Crippen molar-refractivity contribution >= 4 is 11.5 Å². The van der Waals surface area contributed by atoms with Gasteiger partial charge in [0.1, 0.15) is 5.82 Å². The third-order valence-corrected chi connectivity index (χ3v) is 3.10. The molecule has 0 radical (unpaired) electrons. The first-order valence-corrected chi connectivity index (χ1v) is 5.83. The maximum atomic E-state index is 9.42. The van der Waals surface area contributed by atoms with E-state index in [0.717, 1.165) is 37.2 Å². The minimum absolute atomic E-state index is 0.124. The molecule has 1 saturated carbocycles.